The van der Waals surface area contributed by atoms with Gasteiger partial charge in [-0.1, -0.05) is 0 Å². The molecule has 2 aliphatic rings. The Kier molecular flexibility index (Phi) is 4.38. The van der Waals surface area contributed by atoms with E-state index in [1.807, 2.05) is 0 Å². The number of hydrogen-bond donors (Lipinski definition) is 2. The van der Waals surface area contributed by atoms with Crippen LogP contribution in [0.25, 0.3) is 0 Å². The van der Waals surface area contributed by atoms with Crippen LogP contribution in [0.2, 0.25) is 0 Å². The molecule has 0 bridgehead atoms. The highest BCUT2D eigenvalue weighted by molar-refractivity contribution is 5.83. The van der Waals surface area contributed by atoms with E-state index in [0.29, 0.717) is 26.3 Å². The number of morpholine rings is 1. The summed E-state index contributed by atoms with van der Waals surface area (Å²) in [6, 6.07) is -0.0429. The van der Waals surface area contributed by atoms with Gasteiger partial charge in [0, 0.05) is 25.7 Å². The van der Waals surface area contributed by atoms with Crippen LogP contribution in [0, 0.1) is 0 Å². The fraction of sp³-hybridized carbons (Fsp3) is 0.818. The summed E-state index contributed by atoms with van der Waals surface area (Å²) in [5, 5.41) is 3.19. The van der Waals surface area contributed by atoms with Gasteiger partial charge >= 0.3 is 6.03 Å². The van der Waals surface area contributed by atoms with Gasteiger partial charge in [0.15, 0.2) is 0 Å². The summed E-state index contributed by atoms with van der Waals surface area (Å²) in [5.41, 5.74) is 5.23. The lowest BCUT2D eigenvalue weighted by atomic mass is 10.2. The van der Waals surface area contributed by atoms with Crippen molar-refractivity contribution >= 4 is 11.9 Å². The third kappa shape index (κ3) is 3.11. The van der Waals surface area contributed by atoms with Crippen molar-refractivity contribution in [3.8, 4) is 0 Å². The first-order valence-corrected chi connectivity index (χ1v) is 6.31. The minimum Gasteiger partial charge on any atom is -0.378 e. The van der Waals surface area contributed by atoms with E-state index in [0.717, 1.165) is 19.5 Å². The van der Waals surface area contributed by atoms with Crippen molar-refractivity contribution < 1.29 is 14.3 Å². The number of ether oxygens (including phenoxy) is 1. The summed E-state index contributed by atoms with van der Waals surface area (Å²) in [6.45, 7) is 3.85. The summed E-state index contributed by atoms with van der Waals surface area (Å²) < 4.78 is 5.22. The van der Waals surface area contributed by atoms with Crippen LogP contribution in [-0.4, -0.2) is 73.7 Å². The number of nitrogens with one attached hydrogen (secondary N) is 1. The lowest BCUT2D eigenvalue weighted by Crippen LogP contribution is -2.54. The predicted molar refractivity (Wildman–Crippen MR) is 65.0 cm³/mol. The smallest absolute Gasteiger partial charge is 0.320 e. The van der Waals surface area contributed by atoms with Crippen molar-refractivity contribution in [3.05, 3.63) is 0 Å². The Balaban J connectivity index is 2.01. The van der Waals surface area contributed by atoms with Gasteiger partial charge in [0.25, 0.3) is 0 Å². The molecule has 0 aromatic heterocycles. The zero-order valence-electron chi connectivity index (χ0n) is 10.4. The summed E-state index contributed by atoms with van der Waals surface area (Å²) >= 11 is 0. The molecule has 18 heavy (non-hydrogen) atoms. The molecule has 7 nitrogen and oxygen atoms in total. The molecule has 0 aliphatic carbocycles. The van der Waals surface area contributed by atoms with E-state index >= 15 is 0 Å². The number of nitrogens with two attached hydrogens (primary N) is 1. The summed E-state index contributed by atoms with van der Waals surface area (Å²) in [4.78, 5) is 26.8. The van der Waals surface area contributed by atoms with Gasteiger partial charge in [-0.05, 0) is 13.0 Å². The van der Waals surface area contributed by atoms with Crippen LogP contribution >= 0.6 is 0 Å². The molecular formula is C11H20N4O3. The SMILES string of the molecule is NC(=O)CN(C(=O)N1CCOCC1)C1CCNC1. The van der Waals surface area contributed by atoms with Crippen molar-refractivity contribution in [2.75, 3.05) is 45.9 Å². The highest BCUT2D eigenvalue weighted by atomic mass is 16.5. The van der Waals surface area contributed by atoms with Gasteiger partial charge in [0.05, 0.1) is 13.2 Å². The normalized spacial score (nSPS) is 24.0. The van der Waals surface area contributed by atoms with Gasteiger partial charge in [-0.15, -0.1) is 0 Å². The van der Waals surface area contributed by atoms with Gasteiger partial charge in [-0.3, -0.25) is 4.79 Å². The van der Waals surface area contributed by atoms with Crippen molar-refractivity contribution in [3.63, 3.8) is 0 Å². The molecule has 2 fully saturated rings. The second-order valence-corrected chi connectivity index (χ2v) is 4.62. The fourth-order valence-electron chi connectivity index (χ4n) is 2.36. The molecule has 2 saturated heterocycles. The maximum Gasteiger partial charge on any atom is 0.320 e. The molecule has 0 saturated carbocycles. The second kappa shape index (κ2) is 6.01. The zero-order chi connectivity index (χ0) is 13.0. The van der Waals surface area contributed by atoms with Gasteiger partial charge in [0.1, 0.15) is 6.54 Å². The van der Waals surface area contributed by atoms with Crippen LogP contribution < -0.4 is 11.1 Å². The van der Waals surface area contributed by atoms with Crippen molar-refractivity contribution in [1.82, 2.24) is 15.1 Å². The number of urea groups is 1. The minimum atomic E-state index is -0.469. The Morgan fingerprint density at radius 1 is 1.39 bits per heavy atom. The van der Waals surface area contributed by atoms with Gasteiger partial charge < -0.3 is 25.6 Å². The van der Waals surface area contributed by atoms with E-state index in [1.54, 1.807) is 9.80 Å². The average Bonchev–Trinajstić information content (AvgIpc) is 2.89. The number of carbonyl (C=O) groups excluding carboxylic acids is 2. The average molecular weight is 256 g/mol. The summed E-state index contributed by atoms with van der Waals surface area (Å²) in [6.07, 6.45) is 0.864. The first-order valence-electron chi connectivity index (χ1n) is 6.31. The largest absolute Gasteiger partial charge is 0.378 e. The molecule has 0 radical (unpaired) electrons. The van der Waals surface area contributed by atoms with E-state index in [2.05, 4.69) is 5.32 Å². The molecule has 2 heterocycles. The first-order chi connectivity index (χ1) is 8.68. The van der Waals surface area contributed by atoms with E-state index < -0.39 is 5.91 Å². The van der Waals surface area contributed by atoms with E-state index in [1.165, 1.54) is 0 Å². The van der Waals surface area contributed by atoms with Gasteiger partial charge in [0.2, 0.25) is 5.91 Å². The molecule has 3 N–H and O–H groups in total. The number of carbonyl (C=O) groups is 2. The molecule has 102 valence electrons. The Hall–Kier alpha value is -1.34. The lowest BCUT2D eigenvalue weighted by Gasteiger charge is -2.35. The third-order valence-corrected chi connectivity index (χ3v) is 3.33. The number of hydrogen-bond acceptors (Lipinski definition) is 4. The van der Waals surface area contributed by atoms with Crippen molar-refractivity contribution in [2.45, 2.75) is 12.5 Å². The third-order valence-electron chi connectivity index (χ3n) is 3.33. The zero-order valence-corrected chi connectivity index (χ0v) is 10.4. The van der Waals surface area contributed by atoms with Crippen LogP contribution in [0.1, 0.15) is 6.42 Å². The molecular weight excluding hydrogens is 236 g/mol. The highest BCUT2D eigenvalue weighted by Gasteiger charge is 2.31. The van der Waals surface area contributed by atoms with Crippen molar-refractivity contribution in [2.24, 2.45) is 5.73 Å². The van der Waals surface area contributed by atoms with Crippen LogP contribution in [0.4, 0.5) is 4.79 Å². The van der Waals surface area contributed by atoms with Crippen molar-refractivity contribution in [1.29, 1.82) is 0 Å². The maximum absolute atomic E-state index is 12.4. The Morgan fingerprint density at radius 2 is 2.11 bits per heavy atom. The predicted octanol–water partition coefficient (Wildman–Crippen LogP) is -1.41. The van der Waals surface area contributed by atoms with Gasteiger partial charge in [-0.25, -0.2) is 4.79 Å². The standard InChI is InChI=1S/C11H20N4O3/c12-10(16)8-15(9-1-2-13-7-9)11(17)14-3-5-18-6-4-14/h9,13H,1-8H2,(H2,12,16). The second-order valence-electron chi connectivity index (χ2n) is 4.62. The molecule has 1 atom stereocenters. The monoisotopic (exact) mass is 256 g/mol. The maximum atomic E-state index is 12.4. The summed E-state index contributed by atoms with van der Waals surface area (Å²) in [7, 11) is 0. The number of amides is 3. The summed E-state index contributed by atoms with van der Waals surface area (Å²) in [5.74, 6) is -0.469. The molecule has 2 aliphatic heterocycles. The molecule has 3 amide bonds. The Morgan fingerprint density at radius 3 is 2.67 bits per heavy atom. The molecule has 1 unspecified atom stereocenters. The van der Waals surface area contributed by atoms with Crippen LogP contribution in [0.3, 0.4) is 0 Å². The number of nitrogens with zero attached hydrogens (tertiary/aromatic N) is 2. The lowest BCUT2D eigenvalue weighted by molar-refractivity contribution is -0.119. The van der Waals surface area contributed by atoms with E-state index in [-0.39, 0.29) is 18.6 Å². The number of rotatable bonds is 3. The van der Waals surface area contributed by atoms with Crippen LogP contribution in [0.5, 0.6) is 0 Å². The fourth-order valence-corrected chi connectivity index (χ4v) is 2.36. The number of primary amides is 1. The highest BCUT2D eigenvalue weighted by Crippen LogP contribution is 2.12. The van der Waals surface area contributed by atoms with Crippen LogP contribution in [-0.2, 0) is 9.53 Å². The van der Waals surface area contributed by atoms with Gasteiger partial charge in [-0.2, -0.15) is 0 Å². The topological polar surface area (TPSA) is 87.9 Å². The molecule has 2 rings (SSSR count). The molecule has 7 heteroatoms. The van der Waals surface area contributed by atoms with E-state index in [9.17, 15) is 9.59 Å². The van der Waals surface area contributed by atoms with E-state index in [4.69, 9.17) is 10.5 Å². The molecule has 0 aromatic carbocycles. The quantitative estimate of drug-likeness (QED) is 0.649. The Bertz CT molecular complexity index is 311. The molecule has 0 spiro atoms. The van der Waals surface area contributed by atoms with Crippen LogP contribution in [0.15, 0.2) is 0 Å². The minimum absolute atomic E-state index is 0.0114. The molecule has 0 aromatic rings. The Labute approximate surface area is 106 Å². The first kappa shape index (κ1) is 13.1.